The van der Waals surface area contributed by atoms with E-state index in [2.05, 4.69) is 41.5 Å². The van der Waals surface area contributed by atoms with E-state index in [-0.39, 0.29) is 0 Å². The molecule has 0 aromatic heterocycles. The second-order valence-corrected chi connectivity index (χ2v) is 6.49. The van der Waals surface area contributed by atoms with Crippen LogP contribution in [0.15, 0.2) is 48.5 Å². The SMILES string of the molecule is CCOc1ccc(NC(=S)N(C)[C@@H]2CCCc3ccccc32)cc1. The number of hydrogen-bond acceptors (Lipinski definition) is 2. The molecule has 3 nitrogen and oxygen atoms in total. The van der Waals surface area contributed by atoms with Crippen LogP contribution < -0.4 is 10.1 Å². The van der Waals surface area contributed by atoms with E-state index < -0.39 is 0 Å². The van der Waals surface area contributed by atoms with Crippen molar-refractivity contribution >= 4 is 23.0 Å². The summed E-state index contributed by atoms with van der Waals surface area (Å²) in [6.45, 7) is 2.66. The first kappa shape index (κ1) is 16.8. The fourth-order valence-electron chi connectivity index (χ4n) is 3.28. The quantitative estimate of drug-likeness (QED) is 0.809. The molecule has 3 rings (SSSR count). The van der Waals surface area contributed by atoms with E-state index in [0.29, 0.717) is 12.6 Å². The molecule has 0 fully saturated rings. The minimum Gasteiger partial charge on any atom is -0.494 e. The van der Waals surface area contributed by atoms with Gasteiger partial charge in [-0.05, 0) is 73.8 Å². The van der Waals surface area contributed by atoms with Crippen molar-refractivity contribution < 1.29 is 4.74 Å². The Balaban J connectivity index is 1.69. The summed E-state index contributed by atoms with van der Waals surface area (Å²) in [7, 11) is 2.08. The van der Waals surface area contributed by atoms with Crippen LogP contribution in [0.3, 0.4) is 0 Å². The third kappa shape index (κ3) is 3.70. The first-order chi connectivity index (χ1) is 11.7. The lowest BCUT2D eigenvalue weighted by Gasteiger charge is -2.35. The maximum Gasteiger partial charge on any atom is 0.173 e. The molecular weight excluding hydrogens is 316 g/mol. The molecule has 0 bridgehead atoms. The number of nitrogens with one attached hydrogen (secondary N) is 1. The van der Waals surface area contributed by atoms with Crippen LogP contribution in [-0.4, -0.2) is 23.7 Å². The summed E-state index contributed by atoms with van der Waals surface area (Å²) in [5, 5.41) is 4.09. The van der Waals surface area contributed by atoms with E-state index in [1.807, 2.05) is 31.2 Å². The zero-order chi connectivity index (χ0) is 16.9. The molecule has 126 valence electrons. The molecule has 0 saturated heterocycles. The van der Waals surface area contributed by atoms with Crippen molar-refractivity contribution in [2.75, 3.05) is 19.0 Å². The van der Waals surface area contributed by atoms with Crippen molar-refractivity contribution in [1.29, 1.82) is 0 Å². The average Bonchev–Trinajstić information content (AvgIpc) is 2.62. The van der Waals surface area contributed by atoms with E-state index in [4.69, 9.17) is 17.0 Å². The van der Waals surface area contributed by atoms with Gasteiger partial charge in [-0.1, -0.05) is 24.3 Å². The van der Waals surface area contributed by atoms with Gasteiger partial charge in [-0.2, -0.15) is 0 Å². The van der Waals surface area contributed by atoms with E-state index in [0.717, 1.165) is 23.0 Å². The van der Waals surface area contributed by atoms with Gasteiger partial charge in [0.05, 0.1) is 12.6 Å². The van der Waals surface area contributed by atoms with E-state index in [1.54, 1.807) is 0 Å². The van der Waals surface area contributed by atoms with Gasteiger partial charge in [0, 0.05) is 12.7 Å². The van der Waals surface area contributed by atoms with Crippen LogP contribution in [0.25, 0.3) is 0 Å². The Morgan fingerprint density at radius 1 is 1.21 bits per heavy atom. The van der Waals surface area contributed by atoms with Crippen LogP contribution in [0, 0.1) is 0 Å². The van der Waals surface area contributed by atoms with Gasteiger partial charge in [0.15, 0.2) is 5.11 Å². The number of benzene rings is 2. The highest BCUT2D eigenvalue weighted by atomic mass is 32.1. The third-order valence-electron chi connectivity index (χ3n) is 4.54. The molecule has 2 aromatic carbocycles. The van der Waals surface area contributed by atoms with Crippen molar-refractivity contribution in [1.82, 2.24) is 4.90 Å². The van der Waals surface area contributed by atoms with Gasteiger partial charge < -0.3 is 15.0 Å². The predicted molar refractivity (Wildman–Crippen MR) is 104 cm³/mol. The van der Waals surface area contributed by atoms with Gasteiger partial charge in [-0.3, -0.25) is 0 Å². The van der Waals surface area contributed by atoms with Crippen LogP contribution in [0.5, 0.6) is 5.75 Å². The summed E-state index contributed by atoms with van der Waals surface area (Å²) in [4.78, 5) is 2.18. The Labute approximate surface area is 149 Å². The van der Waals surface area contributed by atoms with E-state index >= 15 is 0 Å². The van der Waals surface area contributed by atoms with Gasteiger partial charge in [-0.15, -0.1) is 0 Å². The Kier molecular flexibility index (Phi) is 5.36. The average molecular weight is 340 g/mol. The molecule has 4 heteroatoms. The Morgan fingerprint density at radius 2 is 1.96 bits per heavy atom. The lowest BCUT2D eigenvalue weighted by molar-refractivity contribution is 0.336. The molecule has 0 unspecified atom stereocenters. The second kappa shape index (κ2) is 7.67. The Hall–Kier alpha value is -2.07. The highest BCUT2D eigenvalue weighted by Crippen LogP contribution is 2.33. The molecule has 1 aliphatic carbocycles. The Morgan fingerprint density at radius 3 is 2.71 bits per heavy atom. The minimum absolute atomic E-state index is 0.345. The fourth-order valence-corrected chi connectivity index (χ4v) is 3.53. The van der Waals surface area contributed by atoms with E-state index in [1.165, 1.54) is 24.0 Å². The van der Waals surface area contributed by atoms with Gasteiger partial charge in [0.2, 0.25) is 0 Å². The maximum absolute atomic E-state index is 5.64. The highest BCUT2D eigenvalue weighted by Gasteiger charge is 2.24. The predicted octanol–water partition coefficient (Wildman–Crippen LogP) is 4.79. The van der Waals surface area contributed by atoms with Crippen LogP contribution in [0.1, 0.15) is 36.9 Å². The number of fused-ring (bicyclic) bond motifs is 1. The summed E-state index contributed by atoms with van der Waals surface area (Å²) in [5.41, 5.74) is 3.84. The summed E-state index contributed by atoms with van der Waals surface area (Å²) in [6, 6.07) is 17.0. The number of anilines is 1. The molecule has 0 heterocycles. The molecule has 0 saturated carbocycles. The minimum atomic E-state index is 0.345. The van der Waals surface area contributed by atoms with Crippen molar-refractivity contribution in [2.45, 2.75) is 32.2 Å². The van der Waals surface area contributed by atoms with Crippen molar-refractivity contribution in [3.63, 3.8) is 0 Å². The van der Waals surface area contributed by atoms with Gasteiger partial charge in [-0.25, -0.2) is 0 Å². The zero-order valence-corrected chi connectivity index (χ0v) is 15.1. The van der Waals surface area contributed by atoms with Crippen LogP contribution in [0.4, 0.5) is 5.69 Å². The third-order valence-corrected chi connectivity index (χ3v) is 4.93. The lowest BCUT2D eigenvalue weighted by Crippen LogP contribution is -2.36. The van der Waals surface area contributed by atoms with Gasteiger partial charge >= 0.3 is 0 Å². The van der Waals surface area contributed by atoms with Crippen molar-refractivity contribution in [2.24, 2.45) is 0 Å². The van der Waals surface area contributed by atoms with Crippen molar-refractivity contribution in [3.05, 3.63) is 59.7 Å². The Bertz CT molecular complexity index is 699. The first-order valence-corrected chi connectivity index (χ1v) is 8.94. The lowest BCUT2D eigenvalue weighted by atomic mass is 9.87. The summed E-state index contributed by atoms with van der Waals surface area (Å²) in [6.07, 6.45) is 3.51. The molecule has 24 heavy (non-hydrogen) atoms. The molecule has 0 radical (unpaired) electrons. The number of thiocarbonyl (C=S) groups is 1. The molecule has 1 aliphatic rings. The monoisotopic (exact) mass is 340 g/mol. The molecule has 0 spiro atoms. The second-order valence-electron chi connectivity index (χ2n) is 6.11. The molecule has 0 amide bonds. The molecule has 1 N–H and O–H groups in total. The smallest absolute Gasteiger partial charge is 0.173 e. The number of hydrogen-bond donors (Lipinski definition) is 1. The number of ether oxygens (including phenoxy) is 1. The van der Waals surface area contributed by atoms with Crippen LogP contribution in [-0.2, 0) is 6.42 Å². The summed E-state index contributed by atoms with van der Waals surface area (Å²) >= 11 is 5.64. The van der Waals surface area contributed by atoms with Crippen molar-refractivity contribution in [3.8, 4) is 5.75 Å². The topological polar surface area (TPSA) is 24.5 Å². The van der Waals surface area contributed by atoms with Crippen LogP contribution in [0.2, 0.25) is 0 Å². The fraction of sp³-hybridized carbons (Fsp3) is 0.350. The normalized spacial score (nSPS) is 16.2. The number of nitrogens with zero attached hydrogens (tertiary/aromatic N) is 1. The molecule has 1 atom stereocenters. The maximum atomic E-state index is 5.64. The first-order valence-electron chi connectivity index (χ1n) is 8.53. The number of aryl methyl sites for hydroxylation is 1. The summed E-state index contributed by atoms with van der Waals surface area (Å²) < 4.78 is 5.48. The van der Waals surface area contributed by atoms with Gasteiger partial charge in [0.25, 0.3) is 0 Å². The molecule has 2 aromatic rings. The molecular formula is C20H24N2OS. The summed E-state index contributed by atoms with van der Waals surface area (Å²) in [5.74, 6) is 0.878. The highest BCUT2D eigenvalue weighted by molar-refractivity contribution is 7.80. The molecule has 0 aliphatic heterocycles. The van der Waals surface area contributed by atoms with E-state index in [9.17, 15) is 0 Å². The van der Waals surface area contributed by atoms with Crippen LogP contribution >= 0.6 is 12.2 Å². The van der Waals surface area contributed by atoms with Gasteiger partial charge in [0.1, 0.15) is 5.75 Å². The largest absolute Gasteiger partial charge is 0.494 e. The standard InChI is InChI=1S/C20H24N2OS/c1-3-23-17-13-11-16(12-14-17)21-20(24)22(2)19-10-6-8-15-7-4-5-9-18(15)19/h4-5,7,9,11-14,19H,3,6,8,10H2,1-2H3,(H,21,24)/t19-/m1/s1. The number of rotatable bonds is 4. The zero-order valence-electron chi connectivity index (χ0n) is 14.3.